The van der Waals surface area contributed by atoms with Gasteiger partial charge < -0.3 is 5.73 Å². The van der Waals surface area contributed by atoms with Crippen LogP contribution >= 0.6 is 0 Å². The summed E-state index contributed by atoms with van der Waals surface area (Å²) in [7, 11) is 0. The van der Waals surface area contributed by atoms with Gasteiger partial charge in [0.15, 0.2) is 0 Å². The van der Waals surface area contributed by atoms with E-state index in [4.69, 9.17) is 5.73 Å². The number of benzene rings is 1. The summed E-state index contributed by atoms with van der Waals surface area (Å²) in [4.78, 5) is 2.49. The zero-order chi connectivity index (χ0) is 11.8. The van der Waals surface area contributed by atoms with Crippen molar-refractivity contribution in [3.05, 3.63) is 29.6 Å². The van der Waals surface area contributed by atoms with Crippen molar-refractivity contribution in [2.75, 3.05) is 12.3 Å². The second-order valence-corrected chi connectivity index (χ2v) is 5.42. The fourth-order valence-corrected chi connectivity index (χ4v) is 2.35. The second-order valence-electron chi connectivity index (χ2n) is 5.42. The third kappa shape index (κ3) is 2.60. The van der Waals surface area contributed by atoms with Crippen LogP contribution in [0.5, 0.6) is 0 Å². The van der Waals surface area contributed by atoms with Gasteiger partial charge in [-0.1, -0.05) is 12.1 Å². The van der Waals surface area contributed by atoms with E-state index in [2.05, 4.69) is 4.90 Å². The minimum absolute atomic E-state index is 0.287. The van der Waals surface area contributed by atoms with Crippen molar-refractivity contribution in [1.82, 2.24) is 4.90 Å². The Morgan fingerprint density at radius 2 is 2.00 bits per heavy atom. The number of nitrogens with two attached hydrogens (primary N) is 1. The van der Waals surface area contributed by atoms with Gasteiger partial charge in [-0.25, -0.2) is 4.39 Å². The molecule has 2 aliphatic carbocycles. The molecule has 2 fully saturated rings. The quantitative estimate of drug-likeness (QED) is 0.794. The van der Waals surface area contributed by atoms with E-state index in [1.165, 1.54) is 38.3 Å². The van der Waals surface area contributed by atoms with Crippen LogP contribution in [0, 0.1) is 11.7 Å². The smallest absolute Gasteiger partial charge is 0.146 e. The largest absolute Gasteiger partial charge is 0.396 e. The van der Waals surface area contributed by atoms with Crippen LogP contribution in [-0.2, 0) is 6.54 Å². The molecule has 0 amide bonds. The average molecular weight is 234 g/mol. The van der Waals surface area contributed by atoms with Crippen molar-refractivity contribution in [3.63, 3.8) is 0 Å². The number of nitrogen functional groups attached to an aromatic ring is 1. The first-order valence-electron chi connectivity index (χ1n) is 6.51. The molecule has 0 aliphatic heterocycles. The molecule has 3 rings (SSSR count). The summed E-state index contributed by atoms with van der Waals surface area (Å²) in [5.41, 5.74) is 7.07. The summed E-state index contributed by atoms with van der Waals surface area (Å²) in [5.74, 6) is 0.593. The molecule has 17 heavy (non-hydrogen) atoms. The van der Waals surface area contributed by atoms with Crippen molar-refractivity contribution in [2.45, 2.75) is 38.3 Å². The van der Waals surface area contributed by atoms with Crippen LogP contribution in [0.3, 0.4) is 0 Å². The Balaban J connectivity index is 1.71. The lowest BCUT2D eigenvalue weighted by molar-refractivity contribution is 0.244. The number of halogens is 1. The van der Waals surface area contributed by atoms with Gasteiger partial charge >= 0.3 is 0 Å². The van der Waals surface area contributed by atoms with Crippen LogP contribution in [0.15, 0.2) is 18.2 Å². The van der Waals surface area contributed by atoms with Crippen LogP contribution in [0.2, 0.25) is 0 Å². The molecular weight excluding hydrogens is 215 g/mol. The number of anilines is 1. The van der Waals surface area contributed by atoms with Gasteiger partial charge in [-0.2, -0.15) is 0 Å². The molecular formula is C14H19FN2. The van der Waals surface area contributed by atoms with E-state index in [1.807, 2.05) is 6.07 Å². The normalized spacial score (nSPS) is 19.9. The number of hydrogen-bond acceptors (Lipinski definition) is 2. The SMILES string of the molecule is Nc1c(F)cccc1CN(CC1CC1)C1CC1. The van der Waals surface area contributed by atoms with Crippen LogP contribution < -0.4 is 5.73 Å². The monoisotopic (exact) mass is 234 g/mol. The first-order valence-corrected chi connectivity index (χ1v) is 6.51. The number of hydrogen-bond donors (Lipinski definition) is 1. The minimum Gasteiger partial charge on any atom is -0.396 e. The van der Waals surface area contributed by atoms with Crippen LogP contribution in [0.25, 0.3) is 0 Å². The molecule has 92 valence electrons. The summed E-state index contributed by atoms with van der Waals surface area (Å²) in [6.45, 7) is 1.98. The summed E-state index contributed by atoms with van der Waals surface area (Å²) in [6.07, 6.45) is 5.31. The average Bonchev–Trinajstić information content (AvgIpc) is 3.15. The summed E-state index contributed by atoms with van der Waals surface area (Å²) >= 11 is 0. The minimum atomic E-state index is -0.287. The summed E-state index contributed by atoms with van der Waals surface area (Å²) in [6, 6.07) is 5.85. The van der Waals surface area contributed by atoms with Crippen molar-refractivity contribution in [2.24, 2.45) is 5.92 Å². The maximum absolute atomic E-state index is 13.4. The highest BCUT2D eigenvalue weighted by Crippen LogP contribution is 2.36. The fourth-order valence-electron chi connectivity index (χ4n) is 2.35. The molecule has 0 atom stereocenters. The molecule has 1 aromatic carbocycles. The number of para-hydroxylation sites is 1. The lowest BCUT2D eigenvalue weighted by Crippen LogP contribution is -2.28. The Morgan fingerprint density at radius 1 is 1.24 bits per heavy atom. The predicted molar refractivity (Wildman–Crippen MR) is 67.0 cm³/mol. The summed E-state index contributed by atoms with van der Waals surface area (Å²) < 4.78 is 13.4. The molecule has 2 nitrogen and oxygen atoms in total. The van der Waals surface area contributed by atoms with Gasteiger partial charge in [-0.15, -0.1) is 0 Å². The van der Waals surface area contributed by atoms with E-state index in [1.54, 1.807) is 6.07 Å². The molecule has 0 aromatic heterocycles. The van der Waals surface area contributed by atoms with Gasteiger partial charge in [0.25, 0.3) is 0 Å². The highest BCUT2D eigenvalue weighted by Gasteiger charge is 2.33. The van der Waals surface area contributed by atoms with Crippen molar-refractivity contribution in [1.29, 1.82) is 0 Å². The Kier molecular flexibility index (Phi) is 2.79. The van der Waals surface area contributed by atoms with Gasteiger partial charge in [0.1, 0.15) is 5.82 Å². The maximum Gasteiger partial charge on any atom is 0.146 e. The van der Waals surface area contributed by atoms with E-state index in [-0.39, 0.29) is 5.82 Å². The molecule has 0 bridgehead atoms. The molecule has 3 heteroatoms. The highest BCUT2D eigenvalue weighted by atomic mass is 19.1. The molecule has 0 saturated heterocycles. The molecule has 0 heterocycles. The predicted octanol–water partition coefficient (Wildman–Crippen LogP) is 2.78. The third-order valence-electron chi connectivity index (χ3n) is 3.77. The van der Waals surface area contributed by atoms with E-state index >= 15 is 0 Å². The van der Waals surface area contributed by atoms with E-state index < -0.39 is 0 Å². The van der Waals surface area contributed by atoms with Gasteiger partial charge in [0.2, 0.25) is 0 Å². The second kappa shape index (κ2) is 4.30. The zero-order valence-corrected chi connectivity index (χ0v) is 10.0. The fraction of sp³-hybridized carbons (Fsp3) is 0.571. The van der Waals surface area contributed by atoms with E-state index in [0.717, 1.165) is 24.1 Å². The molecule has 2 saturated carbocycles. The summed E-state index contributed by atoms with van der Waals surface area (Å²) in [5, 5.41) is 0. The third-order valence-corrected chi connectivity index (χ3v) is 3.77. The standard InChI is InChI=1S/C14H19FN2/c15-13-3-1-2-11(14(13)16)9-17(12-6-7-12)8-10-4-5-10/h1-3,10,12H,4-9,16H2. The van der Waals surface area contributed by atoms with Crippen molar-refractivity contribution < 1.29 is 4.39 Å². The first kappa shape index (κ1) is 11.0. The molecule has 2 N–H and O–H groups in total. The van der Waals surface area contributed by atoms with Gasteiger partial charge in [0, 0.05) is 19.1 Å². The van der Waals surface area contributed by atoms with Gasteiger partial charge in [-0.05, 0) is 43.2 Å². The Morgan fingerprint density at radius 3 is 2.65 bits per heavy atom. The zero-order valence-electron chi connectivity index (χ0n) is 10.0. The Bertz CT molecular complexity index is 411. The molecule has 0 spiro atoms. The van der Waals surface area contributed by atoms with Crippen molar-refractivity contribution in [3.8, 4) is 0 Å². The number of nitrogens with zero attached hydrogens (tertiary/aromatic N) is 1. The first-order chi connectivity index (χ1) is 8.24. The lowest BCUT2D eigenvalue weighted by atomic mass is 10.1. The van der Waals surface area contributed by atoms with E-state index in [0.29, 0.717) is 5.69 Å². The molecule has 1 aromatic rings. The van der Waals surface area contributed by atoms with E-state index in [9.17, 15) is 4.39 Å². The van der Waals surface area contributed by atoms with Crippen LogP contribution in [-0.4, -0.2) is 17.5 Å². The Hall–Kier alpha value is -1.09. The van der Waals surface area contributed by atoms with Gasteiger partial charge in [0.05, 0.1) is 5.69 Å². The lowest BCUT2D eigenvalue weighted by Gasteiger charge is -2.22. The number of rotatable bonds is 5. The highest BCUT2D eigenvalue weighted by molar-refractivity contribution is 5.47. The maximum atomic E-state index is 13.4. The molecule has 2 aliphatic rings. The Labute approximate surface area is 102 Å². The molecule has 0 radical (unpaired) electrons. The van der Waals surface area contributed by atoms with Crippen LogP contribution in [0.4, 0.5) is 10.1 Å². The van der Waals surface area contributed by atoms with Crippen LogP contribution in [0.1, 0.15) is 31.2 Å². The topological polar surface area (TPSA) is 29.3 Å². The van der Waals surface area contributed by atoms with Crippen molar-refractivity contribution >= 4 is 5.69 Å². The molecule has 0 unspecified atom stereocenters. The van der Waals surface area contributed by atoms with Gasteiger partial charge in [-0.3, -0.25) is 4.90 Å².